The molecular formula is C23H22N2O3. The van der Waals surface area contributed by atoms with Gasteiger partial charge in [0.15, 0.2) is 0 Å². The molecule has 0 bridgehead atoms. The molecule has 2 aromatic carbocycles. The lowest BCUT2D eigenvalue weighted by molar-refractivity contribution is 0.0920. The highest BCUT2D eigenvalue weighted by Crippen LogP contribution is 2.33. The smallest absolute Gasteiger partial charge is 0.410 e. The van der Waals surface area contributed by atoms with Crippen molar-refractivity contribution in [3.05, 3.63) is 90.1 Å². The lowest BCUT2D eigenvalue weighted by Crippen LogP contribution is -2.31. The van der Waals surface area contributed by atoms with Gasteiger partial charge in [-0.05, 0) is 36.1 Å². The number of rotatable bonds is 5. The Bertz CT molecular complexity index is 898. The third kappa shape index (κ3) is 4.31. The Labute approximate surface area is 164 Å². The van der Waals surface area contributed by atoms with E-state index in [1.165, 1.54) is 0 Å². The Hall–Kier alpha value is -3.34. The van der Waals surface area contributed by atoms with Crippen molar-refractivity contribution in [3.8, 4) is 11.6 Å². The molecule has 0 spiro atoms. The van der Waals surface area contributed by atoms with Crippen LogP contribution in [0.1, 0.15) is 30.0 Å². The quantitative estimate of drug-likeness (QED) is 0.604. The summed E-state index contributed by atoms with van der Waals surface area (Å²) in [5, 5.41) is 0. The average molecular weight is 374 g/mol. The molecule has 0 aliphatic carbocycles. The van der Waals surface area contributed by atoms with Gasteiger partial charge in [-0.3, -0.25) is 0 Å². The molecule has 1 saturated heterocycles. The van der Waals surface area contributed by atoms with Crippen molar-refractivity contribution in [2.45, 2.75) is 25.5 Å². The monoisotopic (exact) mass is 374 g/mol. The first kappa shape index (κ1) is 18.0. The number of benzene rings is 2. The van der Waals surface area contributed by atoms with Gasteiger partial charge in [0.25, 0.3) is 0 Å². The van der Waals surface area contributed by atoms with Crippen molar-refractivity contribution in [2.24, 2.45) is 0 Å². The number of amides is 1. The second kappa shape index (κ2) is 8.57. The molecule has 1 aromatic heterocycles. The summed E-state index contributed by atoms with van der Waals surface area (Å²) in [5.41, 5.74) is 1.98. The molecule has 1 atom stereocenters. The summed E-state index contributed by atoms with van der Waals surface area (Å²) in [7, 11) is 0. The fourth-order valence-electron chi connectivity index (χ4n) is 3.39. The first-order valence-corrected chi connectivity index (χ1v) is 9.46. The van der Waals surface area contributed by atoms with Gasteiger partial charge >= 0.3 is 6.09 Å². The van der Waals surface area contributed by atoms with Crippen LogP contribution < -0.4 is 4.74 Å². The fourth-order valence-corrected chi connectivity index (χ4v) is 3.39. The number of carbonyl (C=O) groups excluding carboxylic acids is 1. The van der Waals surface area contributed by atoms with Crippen LogP contribution in [-0.2, 0) is 11.3 Å². The van der Waals surface area contributed by atoms with Crippen molar-refractivity contribution < 1.29 is 14.3 Å². The van der Waals surface area contributed by atoms with Crippen LogP contribution in [0.3, 0.4) is 0 Å². The average Bonchev–Trinajstić information content (AvgIpc) is 3.24. The van der Waals surface area contributed by atoms with Crippen molar-refractivity contribution in [2.75, 3.05) is 6.54 Å². The molecule has 5 nitrogen and oxygen atoms in total. The van der Waals surface area contributed by atoms with E-state index in [4.69, 9.17) is 9.47 Å². The van der Waals surface area contributed by atoms with Gasteiger partial charge in [-0.1, -0.05) is 54.6 Å². The zero-order valence-corrected chi connectivity index (χ0v) is 15.5. The first-order chi connectivity index (χ1) is 13.8. The summed E-state index contributed by atoms with van der Waals surface area (Å²) in [4.78, 5) is 18.8. The molecule has 3 aromatic rings. The van der Waals surface area contributed by atoms with Gasteiger partial charge in [-0.15, -0.1) is 0 Å². The summed E-state index contributed by atoms with van der Waals surface area (Å²) in [5.74, 6) is 1.28. The van der Waals surface area contributed by atoms with Crippen LogP contribution in [0.4, 0.5) is 4.79 Å². The van der Waals surface area contributed by atoms with Crippen LogP contribution >= 0.6 is 0 Å². The van der Waals surface area contributed by atoms with Gasteiger partial charge < -0.3 is 14.4 Å². The number of hydrogen-bond donors (Lipinski definition) is 0. The third-order valence-electron chi connectivity index (χ3n) is 4.80. The van der Waals surface area contributed by atoms with Gasteiger partial charge in [0.2, 0.25) is 5.88 Å². The summed E-state index contributed by atoms with van der Waals surface area (Å²) in [6, 6.07) is 23.1. The molecule has 142 valence electrons. The Morgan fingerprint density at radius 2 is 1.75 bits per heavy atom. The minimum Gasteiger partial charge on any atom is -0.445 e. The Kier molecular flexibility index (Phi) is 5.52. The van der Waals surface area contributed by atoms with Crippen molar-refractivity contribution in [1.29, 1.82) is 0 Å². The van der Waals surface area contributed by atoms with E-state index in [0.29, 0.717) is 12.4 Å². The number of carbonyl (C=O) groups is 1. The number of ether oxygens (including phenoxy) is 2. The number of likely N-dealkylation sites (tertiary alicyclic amines) is 1. The van der Waals surface area contributed by atoms with Gasteiger partial charge in [-0.25, -0.2) is 9.78 Å². The van der Waals surface area contributed by atoms with E-state index < -0.39 is 0 Å². The fraction of sp³-hybridized carbons (Fsp3) is 0.217. The molecule has 0 N–H and O–H groups in total. The summed E-state index contributed by atoms with van der Waals surface area (Å²) < 4.78 is 11.2. The molecule has 0 radical (unpaired) electrons. The molecule has 2 heterocycles. The highest BCUT2D eigenvalue weighted by atomic mass is 16.6. The summed E-state index contributed by atoms with van der Waals surface area (Å²) in [6.07, 6.45) is 3.36. The normalized spacial score (nSPS) is 16.0. The zero-order chi connectivity index (χ0) is 19.2. The van der Waals surface area contributed by atoms with E-state index in [9.17, 15) is 4.79 Å². The maximum absolute atomic E-state index is 12.6. The van der Waals surface area contributed by atoms with Crippen molar-refractivity contribution in [1.82, 2.24) is 9.88 Å². The lowest BCUT2D eigenvalue weighted by atomic mass is 10.1. The molecule has 1 fully saturated rings. The number of pyridine rings is 1. The Balaban J connectivity index is 1.39. The van der Waals surface area contributed by atoms with Crippen LogP contribution in [0.25, 0.3) is 0 Å². The van der Waals surface area contributed by atoms with Crippen LogP contribution in [0.5, 0.6) is 11.6 Å². The standard InChI is InChI=1S/C23H22N2O3/c26-23(27-17-18-8-3-1-4-9-18)25-15-7-12-21(25)19-13-14-22(24-16-19)28-20-10-5-2-6-11-20/h1-6,8-11,13-14,16,21H,7,12,15,17H2. The van der Waals surface area contributed by atoms with Gasteiger partial charge in [0.1, 0.15) is 12.4 Å². The van der Waals surface area contributed by atoms with E-state index in [2.05, 4.69) is 4.98 Å². The molecule has 4 rings (SSSR count). The minimum absolute atomic E-state index is 0.0125. The summed E-state index contributed by atoms with van der Waals surface area (Å²) in [6.45, 7) is 0.978. The third-order valence-corrected chi connectivity index (χ3v) is 4.80. The maximum Gasteiger partial charge on any atom is 0.410 e. The molecule has 1 unspecified atom stereocenters. The zero-order valence-electron chi connectivity index (χ0n) is 15.5. The summed E-state index contributed by atoms with van der Waals surface area (Å²) >= 11 is 0. The van der Waals surface area contributed by atoms with Crippen LogP contribution in [0.15, 0.2) is 79.0 Å². The number of hydrogen-bond acceptors (Lipinski definition) is 4. The highest BCUT2D eigenvalue weighted by molar-refractivity contribution is 5.68. The minimum atomic E-state index is -0.282. The van der Waals surface area contributed by atoms with Crippen LogP contribution in [0, 0.1) is 0 Å². The van der Waals surface area contributed by atoms with Gasteiger partial charge in [0.05, 0.1) is 6.04 Å². The number of aromatic nitrogens is 1. The largest absolute Gasteiger partial charge is 0.445 e. The SMILES string of the molecule is O=C(OCc1ccccc1)N1CCCC1c1ccc(Oc2ccccc2)nc1. The second-order valence-electron chi connectivity index (χ2n) is 6.74. The highest BCUT2D eigenvalue weighted by Gasteiger charge is 2.31. The number of para-hydroxylation sites is 1. The topological polar surface area (TPSA) is 51.7 Å². The number of nitrogens with zero attached hydrogens (tertiary/aromatic N) is 2. The van der Waals surface area contributed by atoms with Crippen molar-refractivity contribution >= 4 is 6.09 Å². The first-order valence-electron chi connectivity index (χ1n) is 9.46. The van der Waals surface area contributed by atoms with Gasteiger partial charge in [0, 0.05) is 18.8 Å². The molecule has 0 saturated carbocycles. The molecule has 1 aliphatic rings. The Morgan fingerprint density at radius 1 is 1.00 bits per heavy atom. The van der Waals surface area contributed by atoms with Crippen LogP contribution in [0.2, 0.25) is 0 Å². The predicted molar refractivity (Wildman–Crippen MR) is 106 cm³/mol. The molecule has 1 amide bonds. The van der Waals surface area contributed by atoms with E-state index in [-0.39, 0.29) is 18.7 Å². The maximum atomic E-state index is 12.6. The molecular weight excluding hydrogens is 352 g/mol. The van der Waals surface area contributed by atoms with E-state index >= 15 is 0 Å². The Morgan fingerprint density at radius 3 is 2.46 bits per heavy atom. The second-order valence-corrected chi connectivity index (χ2v) is 6.74. The van der Waals surface area contributed by atoms with E-state index in [1.807, 2.05) is 72.8 Å². The molecule has 1 aliphatic heterocycles. The van der Waals surface area contributed by atoms with Gasteiger partial charge in [-0.2, -0.15) is 0 Å². The van der Waals surface area contributed by atoms with E-state index in [1.54, 1.807) is 11.1 Å². The van der Waals surface area contributed by atoms with Crippen LogP contribution in [-0.4, -0.2) is 22.5 Å². The van der Waals surface area contributed by atoms with Crippen molar-refractivity contribution in [3.63, 3.8) is 0 Å². The van der Waals surface area contributed by atoms with E-state index in [0.717, 1.165) is 29.7 Å². The lowest BCUT2D eigenvalue weighted by Gasteiger charge is -2.24. The predicted octanol–water partition coefficient (Wildman–Crippen LogP) is 5.35. The molecule has 28 heavy (non-hydrogen) atoms. The molecule has 5 heteroatoms.